The van der Waals surface area contributed by atoms with Crippen LogP contribution in [0.25, 0.3) is 0 Å². The van der Waals surface area contributed by atoms with Gasteiger partial charge in [0.1, 0.15) is 0 Å². The first-order chi connectivity index (χ1) is 7.43. The van der Waals surface area contributed by atoms with Crippen molar-refractivity contribution in [1.82, 2.24) is 10.3 Å². The Hall–Kier alpha value is -0.760. The van der Waals surface area contributed by atoms with E-state index in [1.807, 2.05) is 6.20 Å². The number of H-pyrrole nitrogens is 1. The van der Waals surface area contributed by atoms with E-state index < -0.39 is 0 Å². The molecule has 2 aliphatic rings. The van der Waals surface area contributed by atoms with E-state index >= 15 is 0 Å². The Labute approximate surface area is 91.5 Å². The molecule has 3 atom stereocenters. The normalized spacial score (nSPS) is 36.1. The van der Waals surface area contributed by atoms with Crippen molar-refractivity contribution in [2.24, 2.45) is 11.8 Å². The lowest BCUT2D eigenvalue weighted by molar-refractivity contribution is 0.153. The van der Waals surface area contributed by atoms with E-state index in [1.165, 1.54) is 44.3 Å². The molecule has 1 aliphatic heterocycles. The van der Waals surface area contributed by atoms with Gasteiger partial charge < -0.3 is 10.3 Å². The molecule has 0 amide bonds. The van der Waals surface area contributed by atoms with Crippen molar-refractivity contribution in [2.75, 3.05) is 6.54 Å². The Morgan fingerprint density at radius 2 is 2.00 bits per heavy atom. The fourth-order valence-corrected chi connectivity index (χ4v) is 3.34. The molecule has 0 radical (unpaired) electrons. The molecule has 0 bridgehead atoms. The fraction of sp³-hybridized carbons (Fsp3) is 0.692. The van der Waals surface area contributed by atoms with Crippen LogP contribution < -0.4 is 5.32 Å². The monoisotopic (exact) mass is 204 g/mol. The average molecular weight is 204 g/mol. The van der Waals surface area contributed by atoms with Crippen LogP contribution >= 0.6 is 0 Å². The second-order valence-corrected chi connectivity index (χ2v) is 5.13. The van der Waals surface area contributed by atoms with Crippen LogP contribution in [0.15, 0.2) is 18.3 Å². The molecular weight excluding hydrogens is 184 g/mol. The van der Waals surface area contributed by atoms with Crippen LogP contribution in [0, 0.1) is 11.8 Å². The van der Waals surface area contributed by atoms with Crippen molar-refractivity contribution >= 4 is 0 Å². The van der Waals surface area contributed by atoms with Crippen molar-refractivity contribution in [3.63, 3.8) is 0 Å². The Bertz CT molecular complexity index is 304. The van der Waals surface area contributed by atoms with Gasteiger partial charge in [0.05, 0.1) is 0 Å². The summed E-state index contributed by atoms with van der Waals surface area (Å²) in [6, 6.07) is 4.89. The highest BCUT2D eigenvalue weighted by Gasteiger charge is 2.32. The largest absolute Gasteiger partial charge is 0.364 e. The van der Waals surface area contributed by atoms with Crippen molar-refractivity contribution in [1.29, 1.82) is 0 Å². The molecule has 0 aromatic carbocycles. The van der Waals surface area contributed by atoms with E-state index in [-0.39, 0.29) is 0 Å². The SMILES string of the molecule is c1c[nH]c(C2CC3CCCCC3CN2)c1. The highest BCUT2D eigenvalue weighted by atomic mass is 15.0. The molecule has 2 heterocycles. The smallest absolute Gasteiger partial charge is 0.0475 e. The molecule has 1 aromatic heterocycles. The zero-order chi connectivity index (χ0) is 10.1. The fourth-order valence-electron chi connectivity index (χ4n) is 3.34. The number of aromatic amines is 1. The van der Waals surface area contributed by atoms with Crippen LogP contribution in [0.2, 0.25) is 0 Å². The van der Waals surface area contributed by atoms with Crippen molar-refractivity contribution < 1.29 is 0 Å². The maximum absolute atomic E-state index is 3.69. The summed E-state index contributed by atoms with van der Waals surface area (Å²) in [7, 11) is 0. The van der Waals surface area contributed by atoms with Crippen LogP contribution in [0.4, 0.5) is 0 Å². The van der Waals surface area contributed by atoms with Crippen LogP contribution in [-0.2, 0) is 0 Å². The number of nitrogens with one attached hydrogen (secondary N) is 2. The van der Waals surface area contributed by atoms with E-state index in [9.17, 15) is 0 Å². The van der Waals surface area contributed by atoms with E-state index in [2.05, 4.69) is 22.4 Å². The second kappa shape index (κ2) is 4.01. The van der Waals surface area contributed by atoms with E-state index in [0.717, 1.165) is 11.8 Å². The summed E-state index contributed by atoms with van der Waals surface area (Å²) in [5.41, 5.74) is 1.37. The minimum atomic E-state index is 0.583. The van der Waals surface area contributed by atoms with Crippen LogP contribution in [-0.4, -0.2) is 11.5 Å². The number of aromatic nitrogens is 1. The van der Waals surface area contributed by atoms with Gasteiger partial charge in [0, 0.05) is 17.9 Å². The van der Waals surface area contributed by atoms with Gasteiger partial charge >= 0.3 is 0 Å². The number of piperidine rings is 1. The Morgan fingerprint density at radius 3 is 2.80 bits per heavy atom. The predicted molar refractivity (Wildman–Crippen MR) is 61.6 cm³/mol. The van der Waals surface area contributed by atoms with Crippen LogP contribution in [0.3, 0.4) is 0 Å². The molecule has 3 unspecified atom stereocenters. The summed E-state index contributed by atoms with van der Waals surface area (Å²) >= 11 is 0. The first kappa shape index (κ1) is 9.46. The summed E-state index contributed by atoms with van der Waals surface area (Å²) in [5, 5.41) is 3.69. The van der Waals surface area contributed by atoms with Crippen molar-refractivity contribution in [3.8, 4) is 0 Å². The van der Waals surface area contributed by atoms with Gasteiger partial charge in [-0.15, -0.1) is 0 Å². The first-order valence-electron chi connectivity index (χ1n) is 6.30. The second-order valence-electron chi connectivity index (χ2n) is 5.13. The quantitative estimate of drug-likeness (QED) is 0.723. The zero-order valence-electron chi connectivity index (χ0n) is 9.21. The van der Waals surface area contributed by atoms with Gasteiger partial charge in [-0.3, -0.25) is 0 Å². The zero-order valence-corrected chi connectivity index (χ0v) is 9.21. The van der Waals surface area contributed by atoms with Crippen molar-refractivity contribution in [3.05, 3.63) is 24.0 Å². The molecule has 2 fully saturated rings. The van der Waals surface area contributed by atoms with Crippen molar-refractivity contribution in [2.45, 2.75) is 38.1 Å². The summed E-state index contributed by atoms with van der Waals surface area (Å²) in [5.74, 6) is 1.94. The lowest BCUT2D eigenvalue weighted by Crippen LogP contribution is -2.40. The van der Waals surface area contributed by atoms with E-state index in [4.69, 9.17) is 0 Å². The summed E-state index contributed by atoms with van der Waals surface area (Å²) in [6.07, 6.45) is 9.20. The Morgan fingerprint density at radius 1 is 1.13 bits per heavy atom. The molecule has 1 aliphatic carbocycles. The van der Waals surface area contributed by atoms with Gasteiger partial charge in [0.15, 0.2) is 0 Å². The molecule has 1 saturated heterocycles. The topological polar surface area (TPSA) is 27.8 Å². The molecule has 82 valence electrons. The average Bonchev–Trinajstić information content (AvgIpc) is 2.82. The minimum absolute atomic E-state index is 0.583. The molecule has 1 aromatic rings. The molecule has 2 heteroatoms. The lowest BCUT2D eigenvalue weighted by atomic mass is 9.73. The van der Waals surface area contributed by atoms with Crippen LogP contribution in [0.1, 0.15) is 43.8 Å². The van der Waals surface area contributed by atoms with E-state index in [1.54, 1.807) is 0 Å². The van der Waals surface area contributed by atoms with Gasteiger partial charge in [0.2, 0.25) is 0 Å². The molecular formula is C13H20N2. The third kappa shape index (κ3) is 1.83. The van der Waals surface area contributed by atoms with Gasteiger partial charge in [-0.1, -0.05) is 19.3 Å². The molecule has 0 spiro atoms. The number of fused-ring (bicyclic) bond motifs is 1. The molecule has 2 nitrogen and oxygen atoms in total. The maximum Gasteiger partial charge on any atom is 0.0475 e. The highest BCUT2D eigenvalue weighted by Crippen LogP contribution is 2.38. The van der Waals surface area contributed by atoms with E-state index in [0.29, 0.717) is 6.04 Å². The third-order valence-electron chi connectivity index (χ3n) is 4.23. The molecule has 1 saturated carbocycles. The standard InChI is InChI=1S/C13H20N2/c1-2-5-11-9-15-13(8-10(11)4-1)12-6-3-7-14-12/h3,6-7,10-11,13-15H,1-2,4-5,8-9H2. The van der Waals surface area contributed by atoms with Gasteiger partial charge in [-0.05, 0) is 43.4 Å². The summed E-state index contributed by atoms with van der Waals surface area (Å²) < 4.78 is 0. The minimum Gasteiger partial charge on any atom is -0.364 e. The number of hydrogen-bond acceptors (Lipinski definition) is 1. The highest BCUT2D eigenvalue weighted by molar-refractivity contribution is 5.10. The lowest BCUT2D eigenvalue weighted by Gasteiger charge is -2.39. The number of hydrogen-bond donors (Lipinski definition) is 2. The number of rotatable bonds is 1. The van der Waals surface area contributed by atoms with Gasteiger partial charge in [-0.2, -0.15) is 0 Å². The maximum atomic E-state index is 3.69. The molecule has 3 rings (SSSR count). The first-order valence-corrected chi connectivity index (χ1v) is 6.30. The predicted octanol–water partition coefficient (Wildman–Crippen LogP) is 2.86. The Kier molecular flexibility index (Phi) is 2.53. The summed E-state index contributed by atoms with van der Waals surface area (Å²) in [6.45, 7) is 1.23. The molecule has 15 heavy (non-hydrogen) atoms. The van der Waals surface area contributed by atoms with Crippen LogP contribution in [0.5, 0.6) is 0 Å². The third-order valence-corrected chi connectivity index (χ3v) is 4.23. The summed E-state index contributed by atoms with van der Waals surface area (Å²) in [4.78, 5) is 3.34. The van der Waals surface area contributed by atoms with Gasteiger partial charge in [-0.25, -0.2) is 0 Å². The Balaban J connectivity index is 1.70. The van der Waals surface area contributed by atoms with Gasteiger partial charge in [0.25, 0.3) is 0 Å². The molecule has 2 N–H and O–H groups in total.